The quantitative estimate of drug-likeness (QED) is 0.402. The smallest absolute Gasteiger partial charge is 0.410 e. The summed E-state index contributed by atoms with van der Waals surface area (Å²) in [6.07, 6.45) is 4.12. The van der Waals surface area contributed by atoms with Crippen LogP contribution in [0.4, 0.5) is 4.79 Å². The molecule has 2 atom stereocenters. The third kappa shape index (κ3) is 3.91. The summed E-state index contributed by atoms with van der Waals surface area (Å²) >= 11 is 0. The standard InChI is InChI=1S/C31H32N2O3/c1-19-14-15-24(20(2)32-19)30(34)21-16-22-8-7-9-23(17-21)33(22)31(35)36-18-29-27-12-5-3-10-25(27)26-11-4-6-13-28(26)29/h3-6,10-15,21-23,29H,7-9,16-18H2,1-2H3. The van der Waals surface area contributed by atoms with Gasteiger partial charge in [0.05, 0.1) is 0 Å². The first-order valence-corrected chi connectivity index (χ1v) is 13.1. The topological polar surface area (TPSA) is 59.5 Å². The lowest BCUT2D eigenvalue weighted by Gasteiger charge is -2.47. The highest BCUT2D eigenvalue weighted by Gasteiger charge is 2.44. The molecule has 5 nitrogen and oxygen atoms in total. The Labute approximate surface area is 212 Å². The van der Waals surface area contributed by atoms with Crippen molar-refractivity contribution < 1.29 is 14.3 Å². The molecule has 2 fully saturated rings. The number of Topliss-reactive ketones (excluding diaryl/α,β-unsaturated/α-hetero) is 1. The number of ketones is 1. The Kier molecular flexibility index (Phi) is 5.87. The Balaban J connectivity index is 1.17. The average molecular weight is 481 g/mol. The van der Waals surface area contributed by atoms with Gasteiger partial charge in [-0.1, -0.05) is 48.5 Å². The molecule has 3 aliphatic rings. The van der Waals surface area contributed by atoms with Crippen LogP contribution in [0, 0.1) is 19.8 Å². The molecule has 5 heteroatoms. The van der Waals surface area contributed by atoms with Gasteiger partial charge in [0.2, 0.25) is 0 Å². The van der Waals surface area contributed by atoms with Gasteiger partial charge < -0.3 is 9.64 Å². The molecular weight excluding hydrogens is 448 g/mol. The molecule has 0 spiro atoms. The van der Waals surface area contributed by atoms with Crippen LogP contribution in [0.1, 0.15) is 70.9 Å². The van der Waals surface area contributed by atoms with Crippen LogP contribution in [-0.4, -0.2) is 40.5 Å². The molecular formula is C31H32N2O3. The van der Waals surface area contributed by atoms with Crippen LogP contribution in [0.15, 0.2) is 60.7 Å². The monoisotopic (exact) mass is 480 g/mol. The zero-order chi connectivity index (χ0) is 24.8. The molecule has 3 aromatic rings. The number of hydrogen-bond acceptors (Lipinski definition) is 4. The minimum Gasteiger partial charge on any atom is -0.448 e. The van der Waals surface area contributed by atoms with Crippen LogP contribution in [0.3, 0.4) is 0 Å². The number of aryl methyl sites for hydroxylation is 2. The predicted octanol–water partition coefficient (Wildman–Crippen LogP) is 6.46. The van der Waals surface area contributed by atoms with E-state index in [0.717, 1.165) is 36.2 Å². The maximum Gasteiger partial charge on any atom is 0.410 e. The van der Waals surface area contributed by atoms with Crippen LogP contribution in [0.5, 0.6) is 0 Å². The maximum absolute atomic E-state index is 13.4. The third-order valence-electron chi connectivity index (χ3n) is 8.38. The number of carbonyl (C=O) groups is 2. The molecule has 2 bridgehead atoms. The van der Waals surface area contributed by atoms with E-state index in [0.29, 0.717) is 19.4 Å². The van der Waals surface area contributed by atoms with Crippen LogP contribution in [0.25, 0.3) is 11.1 Å². The molecule has 0 N–H and O–H groups in total. The number of fused-ring (bicyclic) bond motifs is 5. The average Bonchev–Trinajstić information content (AvgIpc) is 3.20. The number of rotatable bonds is 4. The second kappa shape index (κ2) is 9.20. The van der Waals surface area contributed by atoms with Crippen molar-refractivity contribution >= 4 is 11.9 Å². The molecule has 1 aliphatic carbocycles. The Morgan fingerprint density at radius 2 is 1.50 bits per heavy atom. The first kappa shape index (κ1) is 23.0. The van der Waals surface area contributed by atoms with E-state index in [4.69, 9.17) is 4.74 Å². The molecule has 36 heavy (non-hydrogen) atoms. The number of hydrogen-bond donors (Lipinski definition) is 0. The summed E-state index contributed by atoms with van der Waals surface area (Å²) in [7, 11) is 0. The Morgan fingerprint density at radius 3 is 2.11 bits per heavy atom. The fourth-order valence-corrected chi connectivity index (χ4v) is 6.73. The van der Waals surface area contributed by atoms with Crippen LogP contribution < -0.4 is 0 Å². The van der Waals surface area contributed by atoms with Gasteiger partial charge in [-0.3, -0.25) is 9.78 Å². The van der Waals surface area contributed by atoms with Crippen LogP contribution >= 0.6 is 0 Å². The summed E-state index contributed by atoms with van der Waals surface area (Å²) in [5, 5.41) is 0. The third-order valence-corrected chi connectivity index (χ3v) is 8.38. The fraction of sp³-hybridized carbons (Fsp3) is 0.387. The van der Waals surface area contributed by atoms with Crippen LogP contribution in [0.2, 0.25) is 0 Å². The Morgan fingerprint density at radius 1 is 0.889 bits per heavy atom. The summed E-state index contributed by atoms with van der Waals surface area (Å²) in [5.74, 6) is 0.155. The van der Waals surface area contributed by atoms with Crippen molar-refractivity contribution in [3.8, 4) is 11.1 Å². The van der Waals surface area contributed by atoms with Crippen molar-refractivity contribution in [3.63, 3.8) is 0 Å². The zero-order valence-electron chi connectivity index (χ0n) is 20.9. The summed E-state index contributed by atoms with van der Waals surface area (Å²) in [6, 6.07) is 20.7. The summed E-state index contributed by atoms with van der Waals surface area (Å²) in [4.78, 5) is 33.3. The van der Waals surface area contributed by atoms with E-state index in [1.54, 1.807) is 0 Å². The second-order valence-corrected chi connectivity index (χ2v) is 10.6. The van der Waals surface area contributed by atoms with Crippen molar-refractivity contribution in [2.45, 2.75) is 64.0 Å². The van der Waals surface area contributed by atoms with E-state index in [2.05, 4.69) is 53.5 Å². The van der Waals surface area contributed by atoms with Gasteiger partial charge in [-0.05, 0) is 80.3 Å². The van der Waals surface area contributed by atoms with Gasteiger partial charge in [-0.15, -0.1) is 0 Å². The lowest BCUT2D eigenvalue weighted by molar-refractivity contribution is 0.00648. The minimum absolute atomic E-state index is 0.0531. The fourth-order valence-electron chi connectivity index (χ4n) is 6.73. The largest absolute Gasteiger partial charge is 0.448 e. The number of carbonyl (C=O) groups excluding carboxylic acids is 2. The molecule has 2 aliphatic heterocycles. The van der Waals surface area contributed by atoms with Gasteiger partial charge >= 0.3 is 6.09 Å². The summed E-state index contributed by atoms with van der Waals surface area (Å²) in [6.45, 7) is 4.19. The molecule has 6 rings (SSSR count). The molecule has 2 unspecified atom stereocenters. The molecule has 2 aromatic carbocycles. The van der Waals surface area contributed by atoms with Crippen molar-refractivity contribution in [2.75, 3.05) is 6.61 Å². The Bertz CT molecular complexity index is 1270. The van der Waals surface area contributed by atoms with Gasteiger partial charge in [0.1, 0.15) is 6.61 Å². The first-order chi connectivity index (χ1) is 17.5. The maximum atomic E-state index is 13.4. The molecule has 3 heterocycles. The van der Waals surface area contributed by atoms with Gasteiger partial charge in [-0.25, -0.2) is 4.79 Å². The second-order valence-electron chi connectivity index (χ2n) is 10.6. The van der Waals surface area contributed by atoms with Crippen molar-refractivity contribution in [1.29, 1.82) is 0 Å². The molecule has 2 saturated heterocycles. The molecule has 0 saturated carbocycles. The lowest BCUT2D eigenvalue weighted by atomic mass is 9.75. The van der Waals surface area contributed by atoms with E-state index in [1.807, 2.05) is 30.9 Å². The van der Waals surface area contributed by atoms with E-state index in [9.17, 15) is 9.59 Å². The molecule has 1 aromatic heterocycles. The van der Waals surface area contributed by atoms with E-state index >= 15 is 0 Å². The number of nitrogens with zero attached hydrogens (tertiary/aromatic N) is 2. The molecule has 1 amide bonds. The van der Waals surface area contributed by atoms with Gasteiger partial charge in [0.15, 0.2) is 5.78 Å². The molecule has 0 radical (unpaired) electrons. The summed E-state index contributed by atoms with van der Waals surface area (Å²) in [5.41, 5.74) is 7.34. The van der Waals surface area contributed by atoms with Gasteiger partial charge in [0, 0.05) is 40.9 Å². The predicted molar refractivity (Wildman–Crippen MR) is 139 cm³/mol. The number of ether oxygens (including phenoxy) is 1. The number of benzene rings is 2. The van der Waals surface area contributed by atoms with E-state index < -0.39 is 0 Å². The zero-order valence-corrected chi connectivity index (χ0v) is 20.9. The van der Waals surface area contributed by atoms with Crippen molar-refractivity contribution in [1.82, 2.24) is 9.88 Å². The van der Waals surface area contributed by atoms with E-state index in [-0.39, 0.29) is 35.8 Å². The van der Waals surface area contributed by atoms with Crippen LogP contribution in [-0.2, 0) is 4.74 Å². The number of amides is 1. The lowest BCUT2D eigenvalue weighted by Crippen LogP contribution is -2.56. The molecule has 184 valence electrons. The number of aromatic nitrogens is 1. The van der Waals surface area contributed by atoms with Gasteiger partial charge in [-0.2, -0.15) is 0 Å². The SMILES string of the molecule is Cc1ccc(C(=O)C2CC3CCCC(C2)N3C(=O)OCC2c3ccccc3-c3ccccc32)c(C)n1. The Hall–Kier alpha value is -3.47. The van der Waals surface area contributed by atoms with E-state index in [1.165, 1.54) is 22.3 Å². The van der Waals surface area contributed by atoms with Gasteiger partial charge in [0.25, 0.3) is 0 Å². The number of piperidine rings is 2. The highest BCUT2D eigenvalue weighted by Crippen LogP contribution is 2.45. The highest BCUT2D eigenvalue weighted by molar-refractivity contribution is 5.99. The van der Waals surface area contributed by atoms with Crippen molar-refractivity contribution in [2.24, 2.45) is 5.92 Å². The summed E-state index contributed by atoms with van der Waals surface area (Å²) < 4.78 is 6.02. The van der Waals surface area contributed by atoms with Crippen molar-refractivity contribution in [3.05, 3.63) is 88.7 Å². The number of pyridine rings is 1. The highest BCUT2D eigenvalue weighted by atomic mass is 16.6. The normalized spacial score (nSPS) is 22.6. The first-order valence-electron chi connectivity index (χ1n) is 13.1. The minimum atomic E-state index is -0.231.